The predicted octanol–water partition coefficient (Wildman–Crippen LogP) is -0.762. The highest BCUT2D eigenvalue weighted by Gasteiger charge is 2.30. The third kappa shape index (κ3) is 9.84. The number of aliphatic hydroxyl groups excluding tert-OH is 5. The van der Waals surface area contributed by atoms with Gasteiger partial charge in [0.15, 0.2) is 0 Å². The van der Waals surface area contributed by atoms with Crippen LogP contribution in [0.1, 0.15) is 48.9 Å². The Morgan fingerprint density at radius 1 is 1.11 bits per heavy atom. The number of unbranched alkanes of at least 4 members (excludes halogenated alkanes) is 2. The van der Waals surface area contributed by atoms with E-state index in [1.807, 2.05) is 0 Å². The van der Waals surface area contributed by atoms with Gasteiger partial charge in [0.05, 0.1) is 36.1 Å². The van der Waals surface area contributed by atoms with Crippen LogP contribution >= 0.6 is 11.6 Å². The molecule has 0 spiro atoms. The Morgan fingerprint density at radius 3 is 2.39 bits per heavy atom. The number of nitrogens with one attached hydrogen (secondary N) is 2. The summed E-state index contributed by atoms with van der Waals surface area (Å²) in [6.07, 6.45) is -2.17. The van der Waals surface area contributed by atoms with Crippen molar-refractivity contribution in [2.45, 2.75) is 69.0 Å². The lowest BCUT2D eigenvalue weighted by molar-refractivity contribution is -0.126. The summed E-state index contributed by atoms with van der Waals surface area (Å²) in [5, 5.41) is 53.1. The van der Waals surface area contributed by atoms with Crippen molar-refractivity contribution in [3.05, 3.63) is 22.7 Å². The number of piperidine rings is 1. The molecule has 0 radical (unpaired) electrons. The summed E-state index contributed by atoms with van der Waals surface area (Å²) < 4.78 is 5.26. The lowest BCUT2D eigenvalue weighted by Gasteiger charge is -2.32. The molecule has 0 bridgehead atoms. The van der Waals surface area contributed by atoms with Gasteiger partial charge in [-0.15, -0.1) is 0 Å². The first-order valence-electron chi connectivity index (χ1n) is 12.8. The minimum Gasteiger partial charge on any atom is -0.496 e. The maximum absolute atomic E-state index is 12.7. The van der Waals surface area contributed by atoms with Gasteiger partial charge < -0.3 is 51.5 Å². The van der Waals surface area contributed by atoms with Crippen LogP contribution < -0.4 is 21.1 Å². The highest BCUT2D eigenvalue weighted by Crippen LogP contribution is 2.29. The van der Waals surface area contributed by atoms with E-state index in [9.17, 15) is 30.0 Å². The number of rotatable bonds is 15. The summed E-state index contributed by atoms with van der Waals surface area (Å²) in [6.45, 7) is 1.55. The van der Waals surface area contributed by atoms with E-state index in [1.165, 1.54) is 19.2 Å². The van der Waals surface area contributed by atoms with Crippen LogP contribution in [0.2, 0.25) is 5.02 Å². The summed E-state index contributed by atoms with van der Waals surface area (Å²) >= 11 is 6.07. The minimum atomic E-state index is -1.72. The molecule has 216 valence electrons. The molecule has 12 nitrogen and oxygen atoms in total. The van der Waals surface area contributed by atoms with Gasteiger partial charge in [0.1, 0.15) is 24.1 Å². The van der Waals surface area contributed by atoms with E-state index < -0.39 is 31.0 Å². The molecule has 13 heteroatoms. The van der Waals surface area contributed by atoms with Crippen molar-refractivity contribution in [3.63, 3.8) is 0 Å². The molecule has 2 amide bonds. The van der Waals surface area contributed by atoms with Crippen LogP contribution in [0.25, 0.3) is 0 Å². The molecule has 0 saturated carbocycles. The number of benzene rings is 1. The van der Waals surface area contributed by atoms with Gasteiger partial charge in [0.2, 0.25) is 5.91 Å². The maximum atomic E-state index is 12.7. The molecule has 0 unspecified atom stereocenters. The van der Waals surface area contributed by atoms with E-state index in [-0.39, 0.29) is 30.8 Å². The first-order valence-corrected chi connectivity index (χ1v) is 13.2. The van der Waals surface area contributed by atoms with Gasteiger partial charge in [0, 0.05) is 38.2 Å². The molecule has 0 aromatic heterocycles. The molecule has 1 aromatic carbocycles. The highest BCUT2D eigenvalue weighted by molar-refractivity contribution is 6.33. The summed E-state index contributed by atoms with van der Waals surface area (Å²) in [4.78, 5) is 27.0. The fourth-order valence-electron chi connectivity index (χ4n) is 4.27. The molecule has 38 heavy (non-hydrogen) atoms. The number of nitrogens with zero attached hydrogens (tertiary/aromatic N) is 1. The average Bonchev–Trinajstić information content (AvgIpc) is 2.92. The van der Waals surface area contributed by atoms with Gasteiger partial charge in [0.25, 0.3) is 5.91 Å². The molecule has 1 heterocycles. The number of nitrogens with two attached hydrogens (primary N) is 1. The van der Waals surface area contributed by atoms with E-state index in [2.05, 4.69) is 15.5 Å². The molecule has 1 aliphatic heterocycles. The second-order valence-corrected chi connectivity index (χ2v) is 9.98. The molecule has 4 atom stereocenters. The number of amides is 2. The van der Waals surface area contributed by atoms with Crippen LogP contribution in [0.5, 0.6) is 5.75 Å². The highest BCUT2D eigenvalue weighted by atomic mass is 35.5. The maximum Gasteiger partial charge on any atom is 0.255 e. The van der Waals surface area contributed by atoms with Crippen molar-refractivity contribution in [2.75, 3.05) is 45.6 Å². The first kappa shape index (κ1) is 32.0. The second kappa shape index (κ2) is 16.0. The molecular weight excluding hydrogens is 520 g/mol. The molecule has 9 N–H and O–H groups in total. The molecule has 0 aliphatic carbocycles. The zero-order valence-electron chi connectivity index (χ0n) is 21.7. The fraction of sp³-hybridized carbons (Fsp3) is 0.680. The van der Waals surface area contributed by atoms with E-state index in [1.54, 1.807) is 0 Å². The Bertz CT molecular complexity index is 900. The van der Waals surface area contributed by atoms with E-state index in [0.717, 1.165) is 45.3 Å². The average molecular weight is 561 g/mol. The monoisotopic (exact) mass is 560 g/mol. The number of carbonyl (C=O) groups is 2. The SMILES string of the molecule is COc1cc(N)c(Cl)cc1C(=O)NC1CCN(CCCCCC(=O)NC[C@H](O)[C@@H](O)[C@H](O)[C@H](O)CO)CC1. The third-order valence-electron chi connectivity index (χ3n) is 6.70. The van der Waals surface area contributed by atoms with Gasteiger partial charge in [-0.1, -0.05) is 18.0 Å². The Morgan fingerprint density at radius 2 is 1.76 bits per heavy atom. The van der Waals surface area contributed by atoms with E-state index in [0.29, 0.717) is 28.4 Å². The van der Waals surface area contributed by atoms with Crippen LogP contribution in [-0.2, 0) is 4.79 Å². The number of likely N-dealkylation sites (tertiary alicyclic amines) is 1. The number of carbonyl (C=O) groups excluding carboxylic acids is 2. The van der Waals surface area contributed by atoms with Gasteiger partial charge in [-0.2, -0.15) is 0 Å². The molecule has 2 rings (SSSR count). The van der Waals surface area contributed by atoms with Crippen molar-refractivity contribution in [2.24, 2.45) is 0 Å². The van der Waals surface area contributed by atoms with Crippen molar-refractivity contribution in [1.82, 2.24) is 15.5 Å². The third-order valence-corrected chi connectivity index (χ3v) is 7.03. The lowest BCUT2D eigenvalue weighted by Crippen LogP contribution is -2.49. The number of ether oxygens (including phenoxy) is 1. The topological polar surface area (TPSA) is 198 Å². The molecular formula is C25H41ClN4O8. The quantitative estimate of drug-likeness (QED) is 0.0996. The Kier molecular flexibility index (Phi) is 13.5. The number of hydrogen-bond acceptors (Lipinski definition) is 10. The second-order valence-electron chi connectivity index (χ2n) is 9.58. The Labute approximate surface area is 227 Å². The van der Waals surface area contributed by atoms with Gasteiger partial charge in [-0.3, -0.25) is 9.59 Å². The van der Waals surface area contributed by atoms with Crippen LogP contribution in [0.3, 0.4) is 0 Å². The normalized spacial score (nSPS) is 17.9. The van der Waals surface area contributed by atoms with Crippen LogP contribution in [-0.4, -0.2) is 113 Å². The zero-order valence-corrected chi connectivity index (χ0v) is 22.4. The van der Waals surface area contributed by atoms with Crippen molar-refractivity contribution in [3.8, 4) is 5.75 Å². The van der Waals surface area contributed by atoms with Crippen molar-refractivity contribution >= 4 is 29.1 Å². The van der Waals surface area contributed by atoms with Gasteiger partial charge in [-0.25, -0.2) is 0 Å². The zero-order chi connectivity index (χ0) is 28.2. The number of anilines is 1. The summed E-state index contributed by atoms with van der Waals surface area (Å²) in [5.74, 6) is -0.161. The lowest BCUT2D eigenvalue weighted by atomic mass is 10.0. The molecule has 1 aromatic rings. The Balaban J connectivity index is 1.59. The van der Waals surface area contributed by atoms with Gasteiger partial charge in [-0.05, 0) is 38.3 Å². The summed E-state index contributed by atoms with van der Waals surface area (Å²) in [5.41, 5.74) is 6.48. The van der Waals surface area contributed by atoms with Crippen LogP contribution in [0, 0.1) is 0 Å². The number of nitrogen functional groups attached to an aromatic ring is 1. The standard InChI is InChI=1S/C25H41ClN4O8/c1-38-21-12-18(27)17(26)11-16(21)25(37)29-15-6-9-30(10-7-15)8-4-2-3-5-22(34)28-13-19(32)23(35)24(36)20(33)14-31/h11-12,15,19-20,23-24,31-33,35-36H,2-10,13-14,27H2,1H3,(H,28,34)(H,29,37)/t19-,20+,23+,24+/m0/s1. The van der Waals surface area contributed by atoms with E-state index in [4.69, 9.17) is 27.2 Å². The van der Waals surface area contributed by atoms with Crippen molar-refractivity contribution < 1.29 is 39.9 Å². The van der Waals surface area contributed by atoms with Gasteiger partial charge >= 0.3 is 0 Å². The van der Waals surface area contributed by atoms with Crippen molar-refractivity contribution in [1.29, 1.82) is 0 Å². The molecule has 1 saturated heterocycles. The fourth-order valence-corrected chi connectivity index (χ4v) is 4.43. The first-order chi connectivity index (χ1) is 18.1. The van der Waals surface area contributed by atoms with Crippen LogP contribution in [0.15, 0.2) is 12.1 Å². The minimum absolute atomic E-state index is 0.0466. The number of hydrogen-bond donors (Lipinski definition) is 8. The molecule has 1 aliphatic rings. The van der Waals surface area contributed by atoms with Crippen LogP contribution in [0.4, 0.5) is 5.69 Å². The predicted molar refractivity (Wildman–Crippen MR) is 142 cm³/mol. The number of halogens is 1. The smallest absolute Gasteiger partial charge is 0.255 e. The molecule has 1 fully saturated rings. The summed E-state index contributed by atoms with van der Waals surface area (Å²) in [7, 11) is 1.47. The number of methoxy groups -OCH3 is 1. The largest absolute Gasteiger partial charge is 0.496 e. The summed E-state index contributed by atoms with van der Waals surface area (Å²) in [6, 6.07) is 3.10. The Hall–Kier alpha value is -2.19. The number of aliphatic hydroxyl groups is 5. The van der Waals surface area contributed by atoms with E-state index >= 15 is 0 Å².